The number of hydrogen-bond donors (Lipinski definition) is 1. The van der Waals surface area contributed by atoms with Crippen LogP contribution < -0.4 is 5.32 Å². The fraction of sp³-hybridized carbons (Fsp3) is 0.333. The van der Waals surface area contributed by atoms with Crippen LogP contribution in [-0.2, 0) is 9.47 Å². The average Bonchev–Trinajstić information content (AvgIpc) is 2.31. The third kappa shape index (κ3) is 3.38. The van der Waals surface area contributed by atoms with Gasteiger partial charge in [0.15, 0.2) is 6.29 Å². The molecule has 0 bridgehead atoms. The quantitative estimate of drug-likeness (QED) is 0.726. The van der Waals surface area contributed by atoms with E-state index in [1.807, 2.05) is 30.3 Å². The summed E-state index contributed by atoms with van der Waals surface area (Å²) < 4.78 is 10.2. The zero-order valence-corrected chi connectivity index (χ0v) is 9.19. The van der Waals surface area contributed by atoms with Gasteiger partial charge in [-0.25, -0.2) is 0 Å². The second-order valence-electron chi connectivity index (χ2n) is 3.07. The van der Waals surface area contributed by atoms with Gasteiger partial charge in [0, 0.05) is 19.9 Å². The maximum absolute atomic E-state index is 5.08. The van der Waals surface area contributed by atoms with E-state index in [9.17, 15) is 0 Å². The summed E-state index contributed by atoms with van der Waals surface area (Å²) in [6.45, 7) is 4.37. The minimum atomic E-state index is -0.233. The van der Waals surface area contributed by atoms with Crippen LogP contribution in [0.5, 0.6) is 0 Å². The SMILES string of the molecule is C=Cc1ccccc1NCC(OC)OC. The zero-order chi connectivity index (χ0) is 11.1. The maximum atomic E-state index is 5.08. The summed E-state index contributed by atoms with van der Waals surface area (Å²) in [5.41, 5.74) is 2.11. The van der Waals surface area contributed by atoms with Gasteiger partial charge < -0.3 is 14.8 Å². The molecule has 1 aromatic rings. The van der Waals surface area contributed by atoms with Crippen LogP contribution in [0.25, 0.3) is 6.08 Å². The number of ether oxygens (including phenoxy) is 2. The molecular weight excluding hydrogens is 190 g/mol. The lowest BCUT2D eigenvalue weighted by Crippen LogP contribution is -2.23. The average molecular weight is 207 g/mol. The summed E-state index contributed by atoms with van der Waals surface area (Å²) in [5, 5.41) is 3.24. The van der Waals surface area contributed by atoms with Crippen LogP contribution in [0.1, 0.15) is 5.56 Å². The Morgan fingerprint density at radius 3 is 2.60 bits per heavy atom. The van der Waals surface area contributed by atoms with Crippen LogP contribution in [0.15, 0.2) is 30.8 Å². The molecule has 0 aliphatic heterocycles. The molecule has 1 aromatic carbocycles. The van der Waals surface area contributed by atoms with Crippen LogP contribution in [-0.4, -0.2) is 27.1 Å². The Kier molecular flexibility index (Phi) is 4.87. The van der Waals surface area contributed by atoms with Gasteiger partial charge in [0.1, 0.15) is 0 Å². The molecule has 0 heterocycles. The predicted octanol–water partition coefficient (Wildman–Crippen LogP) is 2.36. The van der Waals surface area contributed by atoms with Crippen molar-refractivity contribution in [3.05, 3.63) is 36.4 Å². The minimum absolute atomic E-state index is 0.233. The van der Waals surface area contributed by atoms with Crippen LogP contribution in [0.2, 0.25) is 0 Å². The van der Waals surface area contributed by atoms with E-state index in [1.165, 1.54) is 0 Å². The summed E-state index contributed by atoms with van der Waals surface area (Å²) in [4.78, 5) is 0. The van der Waals surface area contributed by atoms with E-state index in [0.29, 0.717) is 6.54 Å². The van der Waals surface area contributed by atoms with Crippen LogP contribution in [0.4, 0.5) is 5.69 Å². The highest BCUT2D eigenvalue weighted by atomic mass is 16.7. The smallest absolute Gasteiger partial charge is 0.173 e. The highest BCUT2D eigenvalue weighted by Gasteiger charge is 2.05. The molecule has 0 spiro atoms. The Morgan fingerprint density at radius 2 is 2.00 bits per heavy atom. The molecule has 3 heteroatoms. The molecule has 1 N–H and O–H groups in total. The summed E-state index contributed by atoms with van der Waals surface area (Å²) in [6.07, 6.45) is 1.58. The van der Waals surface area contributed by atoms with Gasteiger partial charge in [-0.2, -0.15) is 0 Å². The van der Waals surface area contributed by atoms with Gasteiger partial charge in [-0.1, -0.05) is 30.9 Å². The minimum Gasteiger partial charge on any atom is -0.379 e. The molecule has 0 amide bonds. The number of anilines is 1. The Morgan fingerprint density at radius 1 is 1.33 bits per heavy atom. The molecule has 3 nitrogen and oxygen atoms in total. The summed E-state index contributed by atoms with van der Waals surface area (Å²) in [6, 6.07) is 7.96. The van der Waals surface area contributed by atoms with Crippen molar-refractivity contribution >= 4 is 11.8 Å². The Hall–Kier alpha value is -1.32. The molecule has 0 atom stereocenters. The monoisotopic (exact) mass is 207 g/mol. The molecule has 0 saturated carbocycles. The number of hydrogen-bond acceptors (Lipinski definition) is 3. The van der Waals surface area contributed by atoms with Crippen molar-refractivity contribution in [2.24, 2.45) is 0 Å². The summed E-state index contributed by atoms with van der Waals surface area (Å²) in [7, 11) is 3.24. The lowest BCUT2D eigenvalue weighted by Gasteiger charge is -2.16. The van der Waals surface area contributed by atoms with Gasteiger partial charge in [0.2, 0.25) is 0 Å². The van der Waals surface area contributed by atoms with Crippen molar-refractivity contribution in [2.45, 2.75) is 6.29 Å². The standard InChI is InChI=1S/C12H17NO2/c1-4-10-7-5-6-8-11(10)13-9-12(14-2)15-3/h4-8,12-13H,1,9H2,2-3H3. The second-order valence-corrected chi connectivity index (χ2v) is 3.07. The van der Waals surface area contributed by atoms with Crippen molar-refractivity contribution in [1.82, 2.24) is 0 Å². The van der Waals surface area contributed by atoms with Crippen LogP contribution in [0, 0.1) is 0 Å². The normalized spacial score (nSPS) is 10.3. The van der Waals surface area contributed by atoms with E-state index in [1.54, 1.807) is 14.2 Å². The van der Waals surface area contributed by atoms with Gasteiger partial charge in [0.05, 0.1) is 6.54 Å². The molecule has 0 saturated heterocycles. The summed E-state index contributed by atoms with van der Waals surface area (Å²) in [5.74, 6) is 0. The Labute approximate surface area is 90.7 Å². The maximum Gasteiger partial charge on any atom is 0.173 e. The molecule has 0 aliphatic carbocycles. The molecule has 0 unspecified atom stereocenters. The van der Waals surface area contributed by atoms with E-state index in [0.717, 1.165) is 11.3 Å². The van der Waals surface area contributed by atoms with Crippen molar-refractivity contribution < 1.29 is 9.47 Å². The van der Waals surface area contributed by atoms with Crippen molar-refractivity contribution in [1.29, 1.82) is 0 Å². The first-order valence-corrected chi connectivity index (χ1v) is 4.82. The molecule has 15 heavy (non-hydrogen) atoms. The van der Waals surface area contributed by atoms with Gasteiger partial charge in [-0.05, 0) is 11.6 Å². The van der Waals surface area contributed by atoms with E-state index in [2.05, 4.69) is 11.9 Å². The topological polar surface area (TPSA) is 30.5 Å². The van der Waals surface area contributed by atoms with Crippen molar-refractivity contribution in [3.8, 4) is 0 Å². The van der Waals surface area contributed by atoms with Crippen LogP contribution in [0.3, 0.4) is 0 Å². The Bertz CT molecular complexity index is 308. The van der Waals surface area contributed by atoms with Crippen molar-refractivity contribution in [2.75, 3.05) is 26.1 Å². The molecule has 0 fully saturated rings. The van der Waals surface area contributed by atoms with Gasteiger partial charge >= 0.3 is 0 Å². The van der Waals surface area contributed by atoms with Crippen LogP contribution >= 0.6 is 0 Å². The third-order valence-corrected chi connectivity index (χ3v) is 2.17. The highest BCUT2D eigenvalue weighted by molar-refractivity contribution is 5.65. The summed E-state index contributed by atoms with van der Waals surface area (Å²) >= 11 is 0. The number of para-hydroxylation sites is 1. The largest absolute Gasteiger partial charge is 0.379 e. The predicted molar refractivity (Wildman–Crippen MR) is 62.8 cm³/mol. The molecule has 1 rings (SSSR count). The van der Waals surface area contributed by atoms with Gasteiger partial charge in [0.25, 0.3) is 0 Å². The number of rotatable bonds is 6. The fourth-order valence-electron chi connectivity index (χ4n) is 1.29. The van der Waals surface area contributed by atoms with Crippen molar-refractivity contribution in [3.63, 3.8) is 0 Å². The molecule has 0 aromatic heterocycles. The first-order valence-electron chi connectivity index (χ1n) is 4.82. The first kappa shape index (κ1) is 11.8. The van der Waals surface area contributed by atoms with E-state index in [-0.39, 0.29) is 6.29 Å². The third-order valence-electron chi connectivity index (χ3n) is 2.17. The Balaban J connectivity index is 2.60. The molecule has 0 aliphatic rings. The van der Waals surface area contributed by atoms with E-state index in [4.69, 9.17) is 9.47 Å². The lowest BCUT2D eigenvalue weighted by molar-refractivity contribution is -0.0914. The fourth-order valence-corrected chi connectivity index (χ4v) is 1.29. The number of benzene rings is 1. The number of methoxy groups -OCH3 is 2. The van der Waals surface area contributed by atoms with E-state index >= 15 is 0 Å². The molecule has 0 radical (unpaired) electrons. The lowest BCUT2D eigenvalue weighted by atomic mass is 10.2. The highest BCUT2D eigenvalue weighted by Crippen LogP contribution is 2.15. The van der Waals surface area contributed by atoms with E-state index < -0.39 is 0 Å². The second kappa shape index (κ2) is 6.22. The number of nitrogens with one attached hydrogen (secondary N) is 1. The van der Waals surface area contributed by atoms with Gasteiger partial charge in [-0.3, -0.25) is 0 Å². The molecule has 82 valence electrons. The zero-order valence-electron chi connectivity index (χ0n) is 9.19. The molecular formula is C12H17NO2. The first-order chi connectivity index (χ1) is 7.31. The van der Waals surface area contributed by atoms with Gasteiger partial charge in [-0.15, -0.1) is 0 Å².